The van der Waals surface area contributed by atoms with Crippen LogP contribution in [0, 0.1) is 0 Å². The second-order valence-corrected chi connectivity index (χ2v) is 7.54. The molecule has 2 aromatic rings. The molecule has 1 aromatic heterocycles. The Morgan fingerprint density at radius 1 is 1.21 bits per heavy atom. The number of nitrogens with zero attached hydrogens (tertiary/aromatic N) is 2. The van der Waals surface area contributed by atoms with Crippen LogP contribution in [0.3, 0.4) is 0 Å². The van der Waals surface area contributed by atoms with Gasteiger partial charge in [-0.05, 0) is 37.6 Å². The Bertz CT molecular complexity index is 820. The number of Topliss-reactive ketones (excluding diaryl/α,β-unsaturated/α-hetero) is 1. The van der Waals surface area contributed by atoms with E-state index in [4.69, 9.17) is 0 Å². The molecule has 7 heteroatoms. The van der Waals surface area contributed by atoms with Crippen molar-refractivity contribution in [2.45, 2.75) is 24.3 Å². The summed E-state index contributed by atoms with van der Waals surface area (Å²) in [5.41, 5.74) is 0.496. The van der Waals surface area contributed by atoms with E-state index in [0.717, 1.165) is 18.8 Å². The van der Waals surface area contributed by atoms with E-state index in [1.54, 1.807) is 6.20 Å². The van der Waals surface area contributed by atoms with Gasteiger partial charge in [-0.25, -0.2) is 18.1 Å². The molecular weight excluding hydrogens is 326 g/mol. The number of nitrogens with one attached hydrogen (secondary N) is 1. The third-order valence-corrected chi connectivity index (χ3v) is 5.59. The first-order valence-corrected chi connectivity index (χ1v) is 9.23. The molecule has 0 spiro atoms. The van der Waals surface area contributed by atoms with Gasteiger partial charge in [-0.2, -0.15) is 0 Å². The van der Waals surface area contributed by atoms with Gasteiger partial charge in [-0.3, -0.25) is 4.79 Å². The lowest BCUT2D eigenvalue weighted by atomic mass is 10.2. The fourth-order valence-corrected chi connectivity index (χ4v) is 4.02. The van der Waals surface area contributed by atoms with Gasteiger partial charge < -0.3 is 4.90 Å². The first-order valence-electron chi connectivity index (χ1n) is 7.75. The molecule has 0 radical (unpaired) electrons. The largest absolute Gasteiger partial charge is 0.355 e. The number of sulfonamides is 1. The van der Waals surface area contributed by atoms with Crippen LogP contribution in [0.1, 0.15) is 23.7 Å². The minimum Gasteiger partial charge on any atom is -0.355 e. The zero-order chi connectivity index (χ0) is 17.2. The van der Waals surface area contributed by atoms with E-state index >= 15 is 0 Å². The van der Waals surface area contributed by atoms with Crippen LogP contribution in [0.15, 0.2) is 53.6 Å². The first-order chi connectivity index (χ1) is 11.5. The molecule has 6 nitrogen and oxygen atoms in total. The molecule has 2 heterocycles. The lowest BCUT2D eigenvalue weighted by molar-refractivity contribution is 0.101. The van der Waals surface area contributed by atoms with Gasteiger partial charge in [0.25, 0.3) is 0 Å². The zero-order valence-corrected chi connectivity index (χ0v) is 14.2. The normalized spacial score (nSPS) is 17.9. The van der Waals surface area contributed by atoms with Gasteiger partial charge in [0, 0.05) is 30.9 Å². The Hall–Kier alpha value is -2.25. The van der Waals surface area contributed by atoms with Crippen LogP contribution in [0.25, 0.3) is 0 Å². The molecule has 0 amide bonds. The van der Waals surface area contributed by atoms with Crippen LogP contribution < -0.4 is 9.62 Å². The van der Waals surface area contributed by atoms with Crippen LogP contribution in [-0.2, 0) is 10.0 Å². The number of carbonyl (C=O) groups is 1. The van der Waals surface area contributed by atoms with Gasteiger partial charge in [-0.1, -0.05) is 18.2 Å². The van der Waals surface area contributed by atoms with E-state index in [9.17, 15) is 13.2 Å². The van der Waals surface area contributed by atoms with E-state index in [1.165, 1.54) is 31.2 Å². The Labute approximate surface area is 141 Å². The SMILES string of the molecule is CC(=O)c1ccc(S(=O)(=O)N[C@@H]2CCN(c3ccccn3)C2)cc1. The van der Waals surface area contributed by atoms with Gasteiger partial charge >= 0.3 is 0 Å². The molecule has 1 aliphatic heterocycles. The van der Waals surface area contributed by atoms with Crippen molar-refractivity contribution < 1.29 is 13.2 Å². The third-order valence-electron chi connectivity index (χ3n) is 4.05. The summed E-state index contributed by atoms with van der Waals surface area (Å²) in [4.78, 5) is 17.8. The second-order valence-electron chi connectivity index (χ2n) is 5.82. The van der Waals surface area contributed by atoms with Crippen molar-refractivity contribution in [1.82, 2.24) is 9.71 Å². The number of hydrogen-bond acceptors (Lipinski definition) is 5. The van der Waals surface area contributed by atoms with E-state index in [2.05, 4.69) is 14.6 Å². The van der Waals surface area contributed by atoms with E-state index in [-0.39, 0.29) is 16.7 Å². The maximum Gasteiger partial charge on any atom is 0.240 e. The summed E-state index contributed by atoms with van der Waals surface area (Å²) in [7, 11) is -3.60. The van der Waals surface area contributed by atoms with Crippen molar-refractivity contribution in [1.29, 1.82) is 0 Å². The smallest absolute Gasteiger partial charge is 0.240 e. The Morgan fingerprint density at radius 2 is 1.96 bits per heavy atom. The van der Waals surface area contributed by atoms with Crippen LogP contribution >= 0.6 is 0 Å². The van der Waals surface area contributed by atoms with Gasteiger partial charge in [0.05, 0.1) is 4.90 Å². The number of pyridine rings is 1. The molecule has 3 rings (SSSR count). The highest BCUT2D eigenvalue weighted by Gasteiger charge is 2.27. The molecule has 0 aliphatic carbocycles. The fraction of sp³-hybridized carbons (Fsp3) is 0.294. The van der Waals surface area contributed by atoms with Gasteiger partial charge in [0.1, 0.15) is 5.82 Å². The van der Waals surface area contributed by atoms with Crippen molar-refractivity contribution in [3.05, 3.63) is 54.2 Å². The minimum absolute atomic E-state index is 0.0892. The average molecular weight is 345 g/mol. The number of hydrogen-bond donors (Lipinski definition) is 1. The lowest BCUT2D eigenvalue weighted by Gasteiger charge is -2.17. The van der Waals surface area contributed by atoms with Crippen molar-refractivity contribution >= 4 is 21.6 Å². The highest BCUT2D eigenvalue weighted by atomic mass is 32.2. The molecular formula is C17H19N3O3S. The summed E-state index contributed by atoms with van der Waals surface area (Å²) in [5, 5.41) is 0. The van der Waals surface area contributed by atoms with Crippen LogP contribution in [-0.4, -0.2) is 38.3 Å². The summed E-state index contributed by atoms with van der Waals surface area (Å²) < 4.78 is 27.7. The Kier molecular flexibility index (Phi) is 4.64. The number of carbonyl (C=O) groups excluding carboxylic acids is 1. The van der Waals surface area contributed by atoms with Gasteiger partial charge in [0.15, 0.2) is 5.78 Å². The van der Waals surface area contributed by atoms with Crippen LogP contribution in [0.2, 0.25) is 0 Å². The highest BCUT2D eigenvalue weighted by molar-refractivity contribution is 7.89. The quantitative estimate of drug-likeness (QED) is 0.837. The molecule has 1 N–H and O–H groups in total. The first kappa shape index (κ1) is 16.6. The van der Waals surface area contributed by atoms with Gasteiger partial charge in [-0.15, -0.1) is 0 Å². The molecule has 1 saturated heterocycles. The maximum atomic E-state index is 12.5. The number of ketones is 1. The van der Waals surface area contributed by atoms with Crippen molar-refractivity contribution in [2.75, 3.05) is 18.0 Å². The van der Waals surface area contributed by atoms with E-state index < -0.39 is 10.0 Å². The van der Waals surface area contributed by atoms with Crippen molar-refractivity contribution in [3.63, 3.8) is 0 Å². The standard InChI is InChI=1S/C17H19N3O3S/c1-13(21)14-5-7-16(8-6-14)24(22,23)19-15-9-11-20(12-15)17-4-2-3-10-18-17/h2-8,10,15,19H,9,11-12H2,1H3/t15-/m1/s1. The second kappa shape index (κ2) is 6.70. The molecule has 1 atom stereocenters. The summed E-state index contributed by atoms with van der Waals surface area (Å²) in [6, 6.07) is 11.5. The monoisotopic (exact) mass is 345 g/mol. The van der Waals surface area contributed by atoms with E-state index in [1.807, 2.05) is 18.2 Å². The molecule has 0 saturated carbocycles. The molecule has 126 valence electrons. The van der Waals surface area contributed by atoms with Crippen molar-refractivity contribution in [3.8, 4) is 0 Å². The number of aromatic nitrogens is 1. The van der Waals surface area contributed by atoms with Gasteiger partial charge in [0.2, 0.25) is 10.0 Å². The summed E-state index contributed by atoms with van der Waals surface area (Å²) >= 11 is 0. The lowest BCUT2D eigenvalue weighted by Crippen LogP contribution is -2.37. The predicted molar refractivity (Wildman–Crippen MR) is 91.6 cm³/mol. The molecule has 1 aromatic carbocycles. The Balaban J connectivity index is 1.68. The van der Waals surface area contributed by atoms with E-state index in [0.29, 0.717) is 12.1 Å². The molecule has 1 aliphatic rings. The summed E-state index contributed by atoms with van der Waals surface area (Å²) in [6.45, 7) is 2.79. The highest BCUT2D eigenvalue weighted by Crippen LogP contribution is 2.19. The minimum atomic E-state index is -3.60. The Morgan fingerprint density at radius 3 is 2.58 bits per heavy atom. The molecule has 0 unspecified atom stereocenters. The number of anilines is 1. The fourth-order valence-electron chi connectivity index (χ4n) is 2.76. The predicted octanol–water partition coefficient (Wildman–Crippen LogP) is 1.84. The topological polar surface area (TPSA) is 79.4 Å². The van der Waals surface area contributed by atoms with Crippen LogP contribution in [0.4, 0.5) is 5.82 Å². The zero-order valence-electron chi connectivity index (χ0n) is 13.3. The maximum absolute atomic E-state index is 12.5. The number of rotatable bonds is 5. The summed E-state index contributed by atoms with van der Waals surface area (Å²) in [6.07, 6.45) is 2.45. The molecule has 24 heavy (non-hydrogen) atoms. The summed E-state index contributed by atoms with van der Waals surface area (Å²) in [5.74, 6) is 0.763. The average Bonchev–Trinajstić information content (AvgIpc) is 3.03. The molecule has 0 bridgehead atoms. The van der Waals surface area contributed by atoms with Crippen LogP contribution in [0.5, 0.6) is 0 Å². The van der Waals surface area contributed by atoms with Crippen molar-refractivity contribution in [2.24, 2.45) is 0 Å². The molecule has 1 fully saturated rings. The third kappa shape index (κ3) is 3.63. The number of benzene rings is 1.